The molecule has 140 valence electrons. The van der Waals surface area contributed by atoms with E-state index in [0.717, 1.165) is 22.3 Å². The number of hydrogen-bond donors (Lipinski definition) is 0. The second kappa shape index (κ2) is 8.14. The monoisotopic (exact) mass is 397 g/mol. The molecule has 1 heterocycles. The van der Waals surface area contributed by atoms with Crippen molar-refractivity contribution in [3.8, 4) is 22.3 Å². The molecular formula is C24H16ClN3O. The molecule has 0 fully saturated rings. The third-order valence-corrected chi connectivity index (χ3v) is 4.91. The molecule has 0 amide bonds. The molecule has 0 N–H and O–H groups in total. The van der Waals surface area contributed by atoms with E-state index in [1.54, 1.807) is 42.6 Å². The minimum atomic E-state index is -0.183. The van der Waals surface area contributed by atoms with Crippen LogP contribution in [0.4, 0.5) is 5.69 Å². The lowest BCUT2D eigenvalue weighted by Gasteiger charge is -2.13. The highest BCUT2D eigenvalue weighted by Crippen LogP contribution is 2.30. The molecule has 4 aromatic rings. The van der Waals surface area contributed by atoms with Crippen molar-refractivity contribution in [1.29, 1.82) is 0 Å². The van der Waals surface area contributed by atoms with Crippen LogP contribution >= 0.6 is 11.6 Å². The zero-order valence-corrected chi connectivity index (χ0v) is 16.2. The van der Waals surface area contributed by atoms with Gasteiger partial charge in [-0.25, -0.2) is 9.53 Å². The zero-order valence-electron chi connectivity index (χ0n) is 15.4. The molecule has 0 spiro atoms. The van der Waals surface area contributed by atoms with Crippen LogP contribution in [0.1, 0.15) is 5.56 Å². The van der Waals surface area contributed by atoms with Crippen LogP contribution in [0, 0.1) is 6.57 Å². The first-order chi connectivity index (χ1) is 14.2. The molecule has 0 aliphatic carbocycles. The van der Waals surface area contributed by atoms with Crippen molar-refractivity contribution in [2.24, 2.45) is 0 Å². The van der Waals surface area contributed by atoms with Gasteiger partial charge in [-0.3, -0.25) is 4.79 Å². The fraction of sp³-hybridized carbons (Fsp3) is 0.0417. The van der Waals surface area contributed by atoms with Gasteiger partial charge < -0.3 is 0 Å². The lowest BCUT2D eigenvalue weighted by atomic mass is 9.97. The smallest absolute Gasteiger partial charge is 0.267 e. The Morgan fingerprint density at radius 2 is 1.55 bits per heavy atom. The van der Waals surface area contributed by atoms with Gasteiger partial charge in [0.2, 0.25) is 0 Å². The summed E-state index contributed by atoms with van der Waals surface area (Å²) >= 11 is 6.03. The number of hydrogen-bond acceptors (Lipinski definition) is 2. The fourth-order valence-corrected chi connectivity index (χ4v) is 3.31. The van der Waals surface area contributed by atoms with Crippen LogP contribution in [0.25, 0.3) is 27.1 Å². The summed E-state index contributed by atoms with van der Waals surface area (Å²) in [6.07, 6.45) is 1.71. The second-order valence-corrected chi connectivity index (χ2v) is 6.98. The van der Waals surface area contributed by atoms with E-state index in [-0.39, 0.29) is 5.56 Å². The molecule has 0 atom stereocenters. The first-order valence-electron chi connectivity index (χ1n) is 9.03. The molecule has 3 aromatic carbocycles. The summed E-state index contributed by atoms with van der Waals surface area (Å²) in [7, 11) is 0. The van der Waals surface area contributed by atoms with Crippen molar-refractivity contribution >= 4 is 17.3 Å². The minimum Gasteiger partial charge on any atom is -0.267 e. The number of benzene rings is 3. The maximum atomic E-state index is 13.4. The average molecular weight is 398 g/mol. The molecular weight excluding hydrogens is 382 g/mol. The van der Waals surface area contributed by atoms with Gasteiger partial charge in [0, 0.05) is 10.6 Å². The molecule has 0 aliphatic rings. The Bertz CT molecular complexity index is 1240. The first-order valence-corrected chi connectivity index (χ1v) is 9.41. The summed E-state index contributed by atoms with van der Waals surface area (Å²) < 4.78 is 1.47. The van der Waals surface area contributed by atoms with Gasteiger partial charge in [-0.05, 0) is 28.8 Å². The molecule has 0 saturated carbocycles. The van der Waals surface area contributed by atoms with Crippen LogP contribution in [0.5, 0.6) is 0 Å². The van der Waals surface area contributed by atoms with Crippen LogP contribution in [0.15, 0.2) is 89.9 Å². The topological polar surface area (TPSA) is 39.2 Å². The normalized spacial score (nSPS) is 10.5. The van der Waals surface area contributed by atoms with Gasteiger partial charge in [0.05, 0.1) is 24.9 Å². The summed E-state index contributed by atoms with van der Waals surface area (Å²) in [4.78, 5) is 16.8. The Morgan fingerprint density at radius 1 is 0.897 bits per heavy atom. The Morgan fingerprint density at radius 3 is 2.21 bits per heavy atom. The van der Waals surface area contributed by atoms with Crippen molar-refractivity contribution in [3.05, 3.63) is 117 Å². The molecule has 5 heteroatoms. The highest BCUT2D eigenvalue weighted by molar-refractivity contribution is 6.30. The highest BCUT2D eigenvalue weighted by atomic mass is 35.5. The van der Waals surface area contributed by atoms with Gasteiger partial charge in [-0.2, -0.15) is 5.10 Å². The maximum Gasteiger partial charge on any atom is 0.275 e. The summed E-state index contributed by atoms with van der Waals surface area (Å²) in [6.45, 7) is 7.54. The summed E-state index contributed by atoms with van der Waals surface area (Å²) in [5, 5.41) is 5.04. The van der Waals surface area contributed by atoms with Crippen molar-refractivity contribution in [2.75, 3.05) is 0 Å². The Hall–Kier alpha value is -3.68. The van der Waals surface area contributed by atoms with Crippen LogP contribution in [0.3, 0.4) is 0 Å². The van der Waals surface area contributed by atoms with Crippen LogP contribution in [-0.4, -0.2) is 9.78 Å². The molecule has 0 unspecified atom stereocenters. The van der Waals surface area contributed by atoms with E-state index in [1.807, 2.05) is 42.5 Å². The van der Waals surface area contributed by atoms with Crippen molar-refractivity contribution in [3.63, 3.8) is 0 Å². The van der Waals surface area contributed by atoms with E-state index in [0.29, 0.717) is 22.8 Å². The van der Waals surface area contributed by atoms with Gasteiger partial charge >= 0.3 is 0 Å². The summed E-state index contributed by atoms with van der Waals surface area (Å²) in [5.74, 6) is 0. The van der Waals surface area contributed by atoms with Gasteiger partial charge in [-0.1, -0.05) is 78.3 Å². The van der Waals surface area contributed by atoms with Crippen LogP contribution < -0.4 is 5.56 Å². The third-order valence-electron chi connectivity index (χ3n) is 4.66. The van der Waals surface area contributed by atoms with Gasteiger partial charge in [0.25, 0.3) is 5.56 Å². The van der Waals surface area contributed by atoms with Crippen molar-refractivity contribution in [1.82, 2.24) is 9.78 Å². The molecule has 4 rings (SSSR count). The van der Waals surface area contributed by atoms with Crippen molar-refractivity contribution in [2.45, 2.75) is 6.54 Å². The lowest BCUT2D eigenvalue weighted by Crippen LogP contribution is -2.25. The largest absolute Gasteiger partial charge is 0.275 e. The Kier molecular flexibility index (Phi) is 5.24. The van der Waals surface area contributed by atoms with Gasteiger partial charge in [-0.15, -0.1) is 0 Å². The van der Waals surface area contributed by atoms with Crippen LogP contribution in [0.2, 0.25) is 5.02 Å². The van der Waals surface area contributed by atoms with E-state index in [2.05, 4.69) is 9.94 Å². The van der Waals surface area contributed by atoms with Crippen molar-refractivity contribution < 1.29 is 0 Å². The molecule has 0 saturated heterocycles. The van der Waals surface area contributed by atoms with Crippen LogP contribution in [-0.2, 0) is 6.54 Å². The number of halogens is 1. The van der Waals surface area contributed by atoms with E-state index >= 15 is 0 Å². The molecule has 0 bridgehead atoms. The Balaban J connectivity index is 1.89. The number of nitrogens with zero attached hydrogens (tertiary/aromatic N) is 3. The lowest BCUT2D eigenvalue weighted by molar-refractivity contribution is 0.642. The predicted molar refractivity (Wildman–Crippen MR) is 116 cm³/mol. The number of aromatic nitrogens is 2. The molecule has 0 aliphatic heterocycles. The quantitative estimate of drug-likeness (QED) is 0.406. The number of rotatable bonds is 4. The SMILES string of the molecule is [C-]#[N+]c1ccc(-c2c(-c3ccc(Cl)cc3)cnn(Cc3ccccc3)c2=O)cc1. The maximum absolute atomic E-state index is 13.4. The first kappa shape index (κ1) is 18.7. The summed E-state index contributed by atoms with van der Waals surface area (Å²) in [5.41, 5.74) is 4.22. The third kappa shape index (κ3) is 3.96. The van der Waals surface area contributed by atoms with E-state index < -0.39 is 0 Å². The fourth-order valence-electron chi connectivity index (χ4n) is 3.19. The highest BCUT2D eigenvalue weighted by Gasteiger charge is 2.15. The molecule has 29 heavy (non-hydrogen) atoms. The standard InChI is InChI=1S/C24H16ClN3O/c1-26-21-13-9-19(10-14-21)23-22(18-7-11-20(25)12-8-18)15-27-28(24(23)29)16-17-5-3-2-4-6-17/h2-15H,16H2. The second-order valence-electron chi connectivity index (χ2n) is 6.55. The van der Waals surface area contributed by atoms with E-state index in [9.17, 15) is 4.79 Å². The van der Waals surface area contributed by atoms with E-state index in [4.69, 9.17) is 18.2 Å². The van der Waals surface area contributed by atoms with Gasteiger partial charge in [0.15, 0.2) is 5.69 Å². The summed E-state index contributed by atoms with van der Waals surface area (Å²) in [6, 6.07) is 24.1. The van der Waals surface area contributed by atoms with E-state index in [1.165, 1.54) is 4.68 Å². The Labute approximate surface area is 173 Å². The molecule has 1 aromatic heterocycles. The molecule has 4 nitrogen and oxygen atoms in total. The zero-order chi connectivity index (χ0) is 20.2. The average Bonchev–Trinajstić information content (AvgIpc) is 2.76. The molecule has 0 radical (unpaired) electrons. The minimum absolute atomic E-state index is 0.183. The predicted octanol–water partition coefficient (Wildman–Crippen LogP) is 5.83. The van der Waals surface area contributed by atoms with Gasteiger partial charge in [0.1, 0.15) is 0 Å².